The van der Waals surface area contributed by atoms with Crippen molar-refractivity contribution in [1.29, 1.82) is 0 Å². The van der Waals surface area contributed by atoms with Crippen LogP contribution in [0.15, 0.2) is 18.2 Å². The maximum Gasteiger partial charge on any atom is 0.251 e. The number of carbonyl (C=O) groups excluding carboxylic acids is 1. The molecule has 1 aromatic rings. The Kier molecular flexibility index (Phi) is 4.37. The van der Waals surface area contributed by atoms with Gasteiger partial charge >= 0.3 is 0 Å². The van der Waals surface area contributed by atoms with E-state index in [-0.39, 0.29) is 5.91 Å². The lowest BCUT2D eigenvalue weighted by Gasteiger charge is -2.11. The molecular formula is C15H22N2O. The third-order valence-corrected chi connectivity index (χ3v) is 3.85. The van der Waals surface area contributed by atoms with Crippen LogP contribution in [-0.4, -0.2) is 25.5 Å². The summed E-state index contributed by atoms with van der Waals surface area (Å²) in [6.07, 6.45) is 2.31. The molecule has 2 rings (SSSR count). The highest BCUT2D eigenvalue weighted by molar-refractivity contribution is 5.95. The third kappa shape index (κ3) is 3.10. The molecule has 1 unspecified atom stereocenters. The number of amides is 1. The quantitative estimate of drug-likeness (QED) is 0.853. The second-order valence-corrected chi connectivity index (χ2v) is 5.15. The molecule has 2 N–H and O–H groups in total. The molecule has 1 heterocycles. The zero-order chi connectivity index (χ0) is 13.0. The van der Waals surface area contributed by atoms with Crippen LogP contribution in [0.2, 0.25) is 0 Å². The second kappa shape index (κ2) is 6.01. The fourth-order valence-corrected chi connectivity index (χ4v) is 2.44. The van der Waals surface area contributed by atoms with Gasteiger partial charge in [0.1, 0.15) is 0 Å². The van der Waals surface area contributed by atoms with Crippen LogP contribution < -0.4 is 10.6 Å². The van der Waals surface area contributed by atoms with Crippen LogP contribution in [-0.2, 0) is 0 Å². The van der Waals surface area contributed by atoms with E-state index in [1.807, 2.05) is 32.0 Å². The Balaban J connectivity index is 1.85. The van der Waals surface area contributed by atoms with Crippen molar-refractivity contribution in [3.63, 3.8) is 0 Å². The standard InChI is InChI=1S/C15H22N2O/c1-11-4-3-5-14(12(11)2)15(18)17-9-7-13-6-8-16-10-13/h3-5,13,16H,6-10H2,1-2H3,(H,17,18). The molecule has 1 fully saturated rings. The van der Waals surface area contributed by atoms with E-state index >= 15 is 0 Å². The van der Waals surface area contributed by atoms with Crippen LogP contribution >= 0.6 is 0 Å². The van der Waals surface area contributed by atoms with Gasteiger partial charge in [-0.15, -0.1) is 0 Å². The molecule has 1 amide bonds. The average molecular weight is 246 g/mol. The zero-order valence-electron chi connectivity index (χ0n) is 11.3. The maximum absolute atomic E-state index is 12.1. The number of hydrogen-bond acceptors (Lipinski definition) is 2. The molecule has 0 saturated carbocycles. The summed E-state index contributed by atoms with van der Waals surface area (Å²) in [5, 5.41) is 6.37. The Bertz CT molecular complexity index is 423. The fraction of sp³-hybridized carbons (Fsp3) is 0.533. The van der Waals surface area contributed by atoms with Gasteiger partial charge in [0.15, 0.2) is 0 Å². The normalized spacial score (nSPS) is 18.9. The fourth-order valence-electron chi connectivity index (χ4n) is 2.44. The molecule has 1 aliphatic rings. The molecule has 0 bridgehead atoms. The van der Waals surface area contributed by atoms with E-state index < -0.39 is 0 Å². The maximum atomic E-state index is 12.1. The van der Waals surface area contributed by atoms with Crippen molar-refractivity contribution in [3.05, 3.63) is 34.9 Å². The highest BCUT2D eigenvalue weighted by atomic mass is 16.1. The van der Waals surface area contributed by atoms with Crippen LogP contribution in [0.3, 0.4) is 0 Å². The van der Waals surface area contributed by atoms with Crippen molar-refractivity contribution in [2.75, 3.05) is 19.6 Å². The van der Waals surface area contributed by atoms with Gasteiger partial charge in [-0.2, -0.15) is 0 Å². The van der Waals surface area contributed by atoms with E-state index in [0.717, 1.165) is 43.1 Å². The molecule has 1 aliphatic heterocycles. The van der Waals surface area contributed by atoms with E-state index in [1.54, 1.807) is 0 Å². The molecule has 0 radical (unpaired) electrons. The van der Waals surface area contributed by atoms with Crippen LogP contribution in [0.5, 0.6) is 0 Å². The summed E-state index contributed by atoms with van der Waals surface area (Å²) >= 11 is 0. The summed E-state index contributed by atoms with van der Waals surface area (Å²) in [7, 11) is 0. The van der Waals surface area contributed by atoms with Crippen molar-refractivity contribution < 1.29 is 4.79 Å². The van der Waals surface area contributed by atoms with Gasteiger partial charge < -0.3 is 10.6 Å². The first kappa shape index (κ1) is 13.1. The number of nitrogens with one attached hydrogen (secondary N) is 2. The van der Waals surface area contributed by atoms with Gasteiger partial charge in [-0.3, -0.25) is 4.79 Å². The molecule has 18 heavy (non-hydrogen) atoms. The first-order valence-corrected chi connectivity index (χ1v) is 6.73. The van der Waals surface area contributed by atoms with Crippen molar-refractivity contribution in [2.24, 2.45) is 5.92 Å². The Morgan fingerprint density at radius 3 is 3.00 bits per heavy atom. The number of carbonyl (C=O) groups is 1. The minimum Gasteiger partial charge on any atom is -0.352 e. The average Bonchev–Trinajstić information content (AvgIpc) is 2.85. The minimum atomic E-state index is 0.0576. The first-order chi connectivity index (χ1) is 8.68. The highest BCUT2D eigenvalue weighted by Crippen LogP contribution is 2.13. The van der Waals surface area contributed by atoms with E-state index in [2.05, 4.69) is 10.6 Å². The molecule has 0 spiro atoms. The largest absolute Gasteiger partial charge is 0.352 e. The SMILES string of the molecule is Cc1cccc(C(=O)NCCC2CCNC2)c1C. The smallest absolute Gasteiger partial charge is 0.251 e. The molecule has 0 aromatic heterocycles. The lowest BCUT2D eigenvalue weighted by Crippen LogP contribution is -2.27. The molecule has 98 valence electrons. The van der Waals surface area contributed by atoms with E-state index in [0.29, 0.717) is 0 Å². The van der Waals surface area contributed by atoms with Crippen molar-refractivity contribution in [2.45, 2.75) is 26.7 Å². The molecule has 3 nitrogen and oxygen atoms in total. The molecule has 1 aromatic carbocycles. The topological polar surface area (TPSA) is 41.1 Å². The van der Waals surface area contributed by atoms with Gasteiger partial charge in [0.25, 0.3) is 5.91 Å². The van der Waals surface area contributed by atoms with Crippen molar-refractivity contribution in [3.8, 4) is 0 Å². The lowest BCUT2D eigenvalue weighted by molar-refractivity contribution is 0.0951. The monoisotopic (exact) mass is 246 g/mol. The molecular weight excluding hydrogens is 224 g/mol. The number of hydrogen-bond donors (Lipinski definition) is 2. The zero-order valence-corrected chi connectivity index (χ0v) is 11.3. The summed E-state index contributed by atoms with van der Waals surface area (Å²) in [4.78, 5) is 12.1. The van der Waals surface area contributed by atoms with Crippen molar-refractivity contribution in [1.82, 2.24) is 10.6 Å². The Morgan fingerprint density at radius 1 is 1.44 bits per heavy atom. The van der Waals surface area contributed by atoms with Crippen LogP contribution in [0.4, 0.5) is 0 Å². The molecule has 1 atom stereocenters. The van der Waals surface area contributed by atoms with Gasteiger partial charge in [0, 0.05) is 12.1 Å². The summed E-state index contributed by atoms with van der Waals surface area (Å²) in [5.41, 5.74) is 3.06. The van der Waals surface area contributed by atoms with Gasteiger partial charge in [0.05, 0.1) is 0 Å². The van der Waals surface area contributed by atoms with Crippen LogP contribution in [0.1, 0.15) is 34.3 Å². The van der Waals surface area contributed by atoms with Crippen LogP contribution in [0.25, 0.3) is 0 Å². The summed E-state index contributed by atoms with van der Waals surface area (Å²) in [6.45, 7) is 7.04. The third-order valence-electron chi connectivity index (χ3n) is 3.85. The van der Waals surface area contributed by atoms with Gasteiger partial charge in [0.2, 0.25) is 0 Å². The highest BCUT2D eigenvalue weighted by Gasteiger charge is 2.15. The van der Waals surface area contributed by atoms with E-state index in [9.17, 15) is 4.79 Å². The predicted octanol–water partition coefficient (Wildman–Crippen LogP) is 2.03. The number of aryl methyl sites for hydroxylation is 1. The minimum absolute atomic E-state index is 0.0576. The van der Waals surface area contributed by atoms with Gasteiger partial charge in [-0.05, 0) is 62.9 Å². The van der Waals surface area contributed by atoms with Gasteiger partial charge in [-0.25, -0.2) is 0 Å². The van der Waals surface area contributed by atoms with E-state index in [1.165, 1.54) is 12.0 Å². The lowest BCUT2D eigenvalue weighted by atomic mass is 10.0. The Labute approximate surface area is 109 Å². The Hall–Kier alpha value is -1.35. The summed E-state index contributed by atoms with van der Waals surface area (Å²) in [6, 6.07) is 5.88. The Morgan fingerprint density at radius 2 is 2.28 bits per heavy atom. The van der Waals surface area contributed by atoms with Crippen molar-refractivity contribution >= 4 is 5.91 Å². The first-order valence-electron chi connectivity index (χ1n) is 6.73. The summed E-state index contributed by atoms with van der Waals surface area (Å²) in [5.74, 6) is 0.783. The number of benzene rings is 1. The molecule has 1 saturated heterocycles. The second-order valence-electron chi connectivity index (χ2n) is 5.15. The molecule has 3 heteroatoms. The number of rotatable bonds is 4. The summed E-state index contributed by atoms with van der Waals surface area (Å²) < 4.78 is 0. The molecule has 0 aliphatic carbocycles. The van der Waals surface area contributed by atoms with Gasteiger partial charge in [-0.1, -0.05) is 12.1 Å². The predicted molar refractivity (Wildman–Crippen MR) is 73.8 cm³/mol. The van der Waals surface area contributed by atoms with Crippen LogP contribution in [0, 0.1) is 19.8 Å². The van der Waals surface area contributed by atoms with E-state index in [4.69, 9.17) is 0 Å².